The number of esters is 2. The zero-order chi connectivity index (χ0) is 64.0. The summed E-state index contributed by atoms with van der Waals surface area (Å²) in [6, 6.07) is 0. The van der Waals surface area contributed by atoms with E-state index < -0.39 is 24.3 Å². The van der Waals surface area contributed by atoms with Crippen LogP contribution in [0.2, 0.25) is 0 Å². The van der Waals surface area contributed by atoms with Gasteiger partial charge in [0, 0.05) is 12.8 Å². The van der Waals surface area contributed by atoms with Gasteiger partial charge in [0.15, 0.2) is 6.10 Å². The molecule has 0 aliphatic carbocycles. The number of carboxylic acid groups (broad SMARTS) is 1. The fourth-order valence-electron chi connectivity index (χ4n) is 10.5. The van der Waals surface area contributed by atoms with Crippen molar-refractivity contribution in [1.82, 2.24) is 0 Å². The Balaban J connectivity index is 4.11. The van der Waals surface area contributed by atoms with Crippen LogP contribution < -0.4 is 0 Å². The zero-order valence-corrected chi connectivity index (χ0v) is 58.1. The van der Waals surface area contributed by atoms with Crippen molar-refractivity contribution in [1.29, 1.82) is 0 Å². The van der Waals surface area contributed by atoms with Gasteiger partial charge in [0.25, 0.3) is 6.29 Å². The van der Waals surface area contributed by atoms with E-state index in [0.717, 1.165) is 96.3 Å². The molecular weight excluding hydrogens is 1090 g/mol. The highest BCUT2D eigenvalue weighted by molar-refractivity contribution is 5.71. The number of allylic oxidation sites excluding steroid dienone is 16. The number of quaternary nitrogens is 1. The summed E-state index contributed by atoms with van der Waals surface area (Å²) in [6.45, 7) is 4.77. The monoisotopic (exact) mass is 1230 g/mol. The third kappa shape index (κ3) is 69.7. The second-order valence-corrected chi connectivity index (χ2v) is 25.9. The molecule has 1 N–H and O–H groups in total. The van der Waals surface area contributed by atoms with Crippen LogP contribution in [0, 0.1) is 0 Å². The van der Waals surface area contributed by atoms with E-state index in [1.165, 1.54) is 199 Å². The van der Waals surface area contributed by atoms with Gasteiger partial charge < -0.3 is 28.5 Å². The van der Waals surface area contributed by atoms with Gasteiger partial charge in [0.1, 0.15) is 13.2 Å². The molecular formula is C79H140NO8+. The average Bonchev–Trinajstić information content (AvgIpc) is 3.54. The lowest BCUT2D eigenvalue weighted by Crippen LogP contribution is -2.40. The quantitative estimate of drug-likeness (QED) is 0.0211. The number of unbranched alkanes of at least 4 members (excludes halogenated alkanes) is 37. The number of hydrogen-bond donors (Lipinski definition) is 1. The van der Waals surface area contributed by atoms with Gasteiger partial charge in [-0.2, -0.15) is 0 Å². The van der Waals surface area contributed by atoms with Crippen LogP contribution in [0.4, 0.5) is 0 Å². The smallest absolute Gasteiger partial charge is 0.361 e. The molecule has 0 bridgehead atoms. The average molecular weight is 1230 g/mol. The minimum absolute atomic E-state index is 0.179. The summed E-state index contributed by atoms with van der Waals surface area (Å²) in [5.74, 6) is -2.03. The molecule has 0 aromatic heterocycles. The van der Waals surface area contributed by atoms with Crippen molar-refractivity contribution in [2.45, 2.75) is 341 Å². The number of nitrogens with zero attached hydrogens (tertiary/aromatic N) is 1. The van der Waals surface area contributed by atoms with Gasteiger partial charge in [-0.1, -0.05) is 336 Å². The van der Waals surface area contributed by atoms with E-state index in [4.69, 9.17) is 18.9 Å². The molecule has 9 nitrogen and oxygen atoms in total. The number of hydrogen-bond acceptors (Lipinski definition) is 7. The molecule has 508 valence electrons. The van der Waals surface area contributed by atoms with Crippen molar-refractivity contribution >= 4 is 17.9 Å². The number of ether oxygens (including phenoxy) is 4. The van der Waals surface area contributed by atoms with Crippen LogP contribution in [0.15, 0.2) is 97.2 Å². The molecule has 88 heavy (non-hydrogen) atoms. The summed E-state index contributed by atoms with van der Waals surface area (Å²) in [5, 5.41) is 9.75. The Labute approximate surface area is 543 Å². The number of likely N-dealkylation sites (N-methyl/N-ethyl adjacent to an activating group) is 1. The molecule has 0 aromatic carbocycles. The minimum Gasteiger partial charge on any atom is -0.477 e. The van der Waals surface area contributed by atoms with Crippen molar-refractivity contribution in [3.63, 3.8) is 0 Å². The van der Waals surface area contributed by atoms with Crippen molar-refractivity contribution in [2.75, 3.05) is 47.5 Å². The summed E-state index contributed by atoms with van der Waals surface area (Å²) in [4.78, 5) is 37.6. The van der Waals surface area contributed by atoms with Gasteiger partial charge in [-0.3, -0.25) is 9.59 Å². The lowest BCUT2D eigenvalue weighted by molar-refractivity contribution is -0.870. The van der Waals surface area contributed by atoms with E-state index in [2.05, 4.69) is 111 Å². The van der Waals surface area contributed by atoms with Crippen molar-refractivity contribution in [2.24, 2.45) is 0 Å². The summed E-state index contributed by atoms with van der Waals surface area (Å²) in [5.41, 5.74) is 0. The van der Waals surface area contributed by atoms with Crippen LogP contribution in [0.3, 0.4) is 0 Å². The zero-order valence-electron chi connectivity index (χ0n) is 58.1. The van der Waals surface area contributed by atoms with Crippen molar-refractivity contribution < 1.29 is 42.9 Å². The first-order chi connectivity index (χ1) is 43.1. The van der Waals surface area contributed by atoms with Crippen LogP contribution in [-0.2, 0) is 33.3 Å². The Bertz CT molecular complexity index is 1770. The molecule has 0 fully saturated rings. The van der Waals surface area contributed by atoms with Crippen LogP contribution in [0.1, 0.15) is 328 Å². The summed E-state index contributed by atoms with van der Waals surface area (Å²) in [7, 11) is 5.97. The lowest BCUT2D eigenvalue weighted by atomic mass is 10.0. The Morgan fingerprint density at radius 2 is 0.648 bits per heavy atom. The molecule has 2 unspecified atom stereocenters. The van der Waals surface area contributed by atoms with Crippen molar-refractivity contribution in [3.05, 3.63) is 97.2 Å². The minimum atomic E-state index is -1.52. The Morgan fingerprint density at radius 1 is 0.352 bits per heavy atom. The van der Waals surface area contributed by atoms with Crippen LogP contribution >= 0.6 is 0 Å². The number of rotatable bonds is 68. The first kappa shape index (κ1) is 84.2. The topological polar surface area (TPSA) is 108 Å². The molecule has 0 rings (SSSR count). The fourth-order valence-corrected chi connectivity index (χ4v) is 10.5. The molecule has 2 atom stereocenters. The lowest BCUT2D eigenvalue weighted by Gasteiger charge is -2.25. The highest BCUT2D eigenvalue weighted by atomic mass is 16.7. The second kappa shape index (κ2) is 69.1. The van der Waals surface area contributed by atoms with E-state index >= 15 is 0 Å². The Morgan fingerprint density at radius 3 is 0.966 bits per heavy atom. The van der Waals surface area contributed by atoms with Gasteiger partial charge in [-0.05, 0) is 77.0 Å². The van der Waals surface area contributed by atoms with Gasteiger partial charge in [0.2, 0.25) is 0 Å². The predicted octanol–water partition coefficient (Wildman–Crippen LogP) is 23.2. The maximum absolute atomic E-state index is 12.9. The SMILES string of the molecule is CC/C=C\C/C=C\C/C=C\C/C=C\C/C=C\C/C=C\C/C=C\C/C=C\CCCCCCC(=O)OC(COC(=O)CCCCCCCCCCCCCCCCCCCCCCCCCCCCCCCCCCCC)COC(OCC[N+](C)(C)C)C(=O)O. The van der Waals surface area contributed by atoms with Crippen LogP contribution in [-0.4, -0.2) is 87.4 Å². The van der Waals surface area contributed by atoms with Gasteiger partial charge >= 0.3 is 17.9 Å². The number of carbonyl (C=O) groups excluding carboxylic acids is 2. The molecule has 0 aromatic rings. The van der Waals surface area contributed by atoms with Gasteiger partial charge in [0.05, 0.1) is 34.4 Å². The molecule has 0 amide bonds. The van der Waals surface area contributed by atoms with Gasteiger partial charge in [-0.15, -0.1) is 0 Å². The highest BCUT2D eigenvalue weighted by Gasteiger charge is 2.25. The predicted molar refractivity (Wildman–Crippen MR) is 378 cm³/mol. The third-order valence-corrected chi connectivity index (χ3v) is 16.1. The molecule has 0 heterocycles. The molecule has 0 saturated heterocycles. The maximum Gasteiger partial charge on any atom is 0.361 e. The fraction of sp³-hybridized carbons (Fsp3) is 0.759. The van der Waals surface area contributed by atoms with E-state index in [1.807, 2.05) is 21.1 Å². The number of carboxylic acids is 1. The number of carbonyl (C=O) groups is 3. The van der Waals surface area contributed by atoms with Gasteiger partial charge in [-0.25, -0.2) is 4.79 Å². The molecule has 0 aliphatic rings. The Kier molecular flexibility index (Phi) is 66.1. The van der Waals surface area contributed by atoms with E-state index in [-0.39, 0.29) is 32.2 Å². The maximum atomic E-state index is 12.9. The van der Waals surface area contributed by atoms with Crippen molar-refractivity contribution in [3.8, 4) is 0 Å². The highest BCUT2D eigenvalue weighted by Crippen LogP contribution is 2.18. The molecule has 0 radical (unpaired) electrons. The Hall–Kier alpha value is -3.79. The molecule has 0 aliphatic heterocycles. The first-order valence-electron chi connectivity index (χ1n) is 36.9. The van der Waals surface area contributed by atoms with Crippen LogP contribution in [0.5, 0.6) is 0 Å². The summed E-state index contributed by atoms with van der Waals surface area (Å²) < 4.78 is 23.0. The largest absolute Gasteiger partial charge is 0.477 e. The normalized spacial score (nSPS) is 13.2. The standard InChI is InChI=1S/C79H139NO8/c1-6-8-10-12-14-16-18-20-22-24-26-28-30-32-34-36-37-38-39-40-42-43-45-47-49-51-53-55-57-59-61-63-65-67-69-76(81)86-73-75(74-87-79(78(83)84)85-72-71-80(3,4)5)88-77(82)70-68-66-64-62-60-58-56-54-52-50-48-46-44-41-35-33-31-29-27-25-23-21-19-17-15-13-11-9-7-2/h9,11,15,17,21,23,27,29,33,35,44,46,50,52,56,58,75,79H,6-8,10,12-14,16,18-20,22,24-26,28,30-32,34,36-43,45,47-49,51,53-55,57,59-74H2,1-5H3/p+1/b11-9-,17-15-,23-21-,29-27-,35-33-,46-44-,52-50-,58-56-. The van der Waals surface area contributed by atoms with E-state index in [0.29, 0.717) is 23.9 Å². The molecule has 9 heteroatoms. The van der Waals surface area contributed by atoms with E-state index in [1.54, 1.807) is 0 Å². The summed E-state index contributed by atoms with van der Waals surface area (Å²) in [6.07, 6.45) is 92.6. The first-order valence-corrected chi connectivity index (χ1v) is 36.9. The summed E-state index contributed by atoms with van der Waals surface area (Å²) >= 11 is 0. The third-order valence-electron chi connectivity index (χ3n) is 16.1. The molecule has 0 spiro atoms. The number of aliphatic carboxylic acids is 1. The molecule has 0 saturated carbocycles. The second-order valence-electron chi connectivity index (χ2n) is 25.9. The van der Waals surface area contributed by atoms with Crippen LogP contribution in [0.25, 0.3) is 0 Å². The van der Waals surface area contributed by atoms with E-state index in [9.17, 15) is 19.5 Å².